The van der Waals surface area contributed by atoms with Gasteiger partial charge in [0.1, 0.15) is 0 Å². The number of rotatable bonds is 4. The van der Waals surface area contributed by atoms with E-state index >= 15 is 0 Å². The van der Waals surface area contributed by atoms with Crippen LogP contribution in [0.2, 0.25) is 0 Å². The van der Waals surface area contributed by atoms with E-state index in [1.54, 1.807) is 0 Å². The second-order valence-corrected chi connectivity index (χ2v) is 4.99. The molecule has 17 heavy (non-hydrogen) atoms. The molecule has 1 fully saturated rings. The molecule has 1 saturated heterocycles. The molecule has 0 bridgehead atoms. The third-order valence-corrected chi connectivity index (χ3v) is 3.92. The summed E-state index contributed by atoms with van der Waals surface area (Å²) >= 11 is 0. The Balaban J connectivity index is 2.10. The molecule has 1 aromatic rings. The molecule has 0 aliphatic carbocycles. The van der Waals surface area contributed by atoms with E-state index in [9.17, 15) is 5.11 Å². The number of hydrogen-bond donors (Lipinski definition) is 2. The van der Waals surface area contributed by atoms with Gasteiger partial charge in [-0.15, -0.1) is 0 Å². The molecule has 2 nitrogen and oxygen atoms in total. The Hall–Kier alpha value is -0.860. The van der Waals surface area contributed by atoms with E-state index in [1.807, 2.05) is 0 Å². The average Bonchev–Trinajstić information content (AvgIpc) is 2.42. The highest BCUT2D eigenvalue weighted by atomic mass is 16.3. The van der Waals surface area contributed by atoms with Gasteiger partial charge in [-0.2, -0.15) is 0 Å². The van der Waals surface area contributed by atoms with E-state index in [2.05, 4.69) is 36.5 Å². The zero-order valence-corrected chi connectivity index (χ0v) is 10.7. The minimum atomic E-state index is 0.262. The van der Waals surface area contributed by atoms with Crippen LogP contribution in [0.15, 0.2) is 24.3 Å². The van der Waals surface area contributed by atoms with Crippen molar-refractivity contribution in [2.24, 2.45) is 5.92 Å². The molecule has 2 rings (SSSR count). The first-order valence-electron chi connectivity index (χ1n) is 6.75. The lowest BCUT2D eigenvalue weighted by atomic mass is 9.82. The zero-order chi connectivity index (χ0) is 12.1. The molecule has 1 aliphatic rings. The van der Waals surface area contributed by atoms with Gasteiger partial charge in [-0.05, 0) is 49.4 Å². The van der Waals surface area contributed by atoms with Gasteiger partial charge in [0.05, 0.1) is 6.61 Å². The molecule has 0 saturated carbocycles. The Bertz CT molecular complexity index is 327. The molecule has 1 heterocycles. The molecule has 0 amide bonds. The van der Waals surface area contributed by atoms with Gasteiger partial charge >= 0.3 is 0 Å². The van der Waals surface area contributed by atoms with E-state index in [0.717, 1.165) is 19.5 Å². The van der Waals surface area contributed by atoms with Gasteiger partial charge < -0.3 is 10.4 Å². The quantitative estimate of drug-likeness (QED) is 0.836. The Morgan fingerprint density at radius 2 is 2.12 bits per heavy atom. The summed E-state index contributed by atoms with van der Waals surface area (Å²) in [5, 5.41) is 13.1. The summed E-state index contributed by atoms with van der Waals surface area (Å²) in [6.07, 6.45) is 3.54. The third kappa shape index (κ3) is 3.08. The smallest absolute Gasteiger partial charge is 0.0502 e. The van der Waals surface area contributed by atoms with Crippen molar-refractivity contribution < 1.29 is 5.11 Å². The summed E-state index contributed by atoms with van der Waals surface area (Å²) in [7, 11) is 0. The van der Waals surface area contributed by atoms with Gasteiger partial charge in [-0.25, -0.2) is 0 Å². The lowest BCUT2D eigenvalue weighted by Crippen LogP contribution is -2.34. The molecular weight excluding hydrogens is 210 g/mol. The van der Waals surface area contributed by atoms with E-state index in [1.165, 1.54) is 24.0 Å². The van der Waals surface area contributed by atoms with Crippen molar-refractivity contribution in [3.05, 3.63) is 35.4 Å². The number of nitrogens with one attached hydrogen (secondary N) is 1. The first kappa shape index (κ1) is 12.6. The third-order valence-electron chi connectivity index (χ3n) is 3.92. The maximum atomic E-state index is 9.63. The molecule has 1 aromatic carbocycles. The number of hydrogen-bond acceptors (Lipinski definition) is 2. The summed E-state index contributed by atoms with van der Waals surface area (Å²) in [6.45, 7) is 4.60. The van der Waals surface area contributed by atoms with E-state index in [-0.39, 0.29) is 6.61 Å². The number of aryl methyl sites for hydroxylation is 1. The normalized spacial score (nSPS) is 22.4. The predicted molar refractivity (Wildman–Crippen MR) is 71.2 cm³/mol. The Morgan fingerprint density at radius 3 is 2.65 bits per heavy atom. The Kier molecular flexibility index (Phi) is 4.57. The molecule has 2 unspecified atom stereocenters. The SMILES string of the molecule is CCc1ccc(C(CO)C2CCCNC2)cc1. The minimum Gasteiger partial charge on any atom is -0.396 e. The van der Waals surface area contributed by atoms with Gasteiger partial charge in [0.15, 0.2) is 0 Å². The summed E-state index contributed by atoms with van der Waals surface area (Å²) < 4.78 is 0. The fourth-order valence-corrected chi connectivity index (χ4v) is 2.75. The first-order chi connectivity index (χ1) is 8.35. The van der Waals surface area contributed by atoms with Crippen molar-refractivity contribution in [1.82, 2.24) is 5.32 Å². The van der Waals surface area contributed by atoms with Gasteiger partial charge in [-0.3, -0.25) is 0 Å². The lowest BCUT2D eigenvalue weighted by molar-refractivity contribution is 0.204. The van der Waals surface area contributed by atoms with Crippen molar-refractivity contribution in [1.29, 1.82) is 0 Å². The highest BCUT2D eigenvalue weighted by Crippen LogP contribution is 2.29. The Labute approximate surface area is 104 Å². The van der Waals surface area contributed by atoms with Crippen molar-refractivity contribution in [2.45, 2.75) is 32.1 Å². The van der Waals surface area contributed by atoms with Gasteiger partial charge in [0.2, 0.25) is 0 Å². The standard InChI is InChI=1S/C15H23NO/c1-2-12-5-7-13(8-6-12)15(11-17)14-4-3-9-16-10-14/h5-8,14-17H,2-4,9-11H2,1H3. The van der Waals surface area contributed by atoms with Gasteiger partial charge in [-0.1, -0.05) is 31.2 Å². The monoisotopic (exact) mass is 233 g/mol. The van der Waals surface area contributed by atoms with Crippen LogP contribution in [0.1, 0.15) is 36.8 Å². The molecule has 0 radical (unpaired) electrons. The fraction of sp³-hybridized carbons (Fsp3) is 0.600. The summed E-state index contributed by atoms with van der Waals surface area (Å²) in [6, 6.07) is 8.76. The molecule has 2 atom stereocenters. The van der Waals surface area contributed by atoms with Crippen LogP contribution in [0, 0.1) is 5.92 Å². The fourth-order valence-electron chi connectivity index (χ4n) is 2.75. The van der Waals surface area contributed by atoms with Crippen LogP contribution in [-0.2, 0) is 6.42 Å². The Morgan fingerprint density at radius 1 is 1.35 bits per heavy atom. The van der Waals surface area contributed by atoms with Crippen molar-refractivity contribution in [3.8, 4) is 0 Å². The molecule has 94 valence electrons. The van der Waals surface area contributed by atoms with Crippen molar-refractivity contribution in [2.75, 3.05) is 19.7 Å². The van der Waals surface area contributed by atoms with Gasteiger partial charge in [0.25, 0.3) is 0 Å². The largest absolute Gasteiger partial charge is 0.396 e. The molecule has 0 aromatic heterocycles. The topological polar surface area (TPSA) is 32.3 Å². The highest BCUT2D eigenvalue weighted by Gasteiger charge is 2.24. The number of benzene rings is 1. The molecule has 0 spiro atoms. The van der Waals surface area contributed by atoms with Crippen LogP contribution in [0.25, 0.3) is 0 Å². The molecule has 2 heteroatoms. The maximum absolute atomic E-state index is 9.63. The van der Waals surface area contributed by atoms with Crippen LogP contribution in [0.4, 0.5) is 0 Å². The number of aliphatic hydroxyl groups is 1. The average molecular weight is 233 g/mol. The van der Waals surface area contributed by atoms with E-state index in [4.69, 9.17) is 0 Å². The first-order valence-corrected chi connectivity index (χ1v) is 6.75. The second kappa shape index (κ2) is 6.18. The van der Waals surface area contributed by atoms with Crippen molar-refractivity contribution >= 4 is 0 Å². The molecule has 1 aliphatic heterocycles. The summed E-state index contributed by atoms with van der Waals surface area (Å²) in [5.74, 6) is 0.884. The summed E-state index contributed by atoms with van der Waals surface area (Å²) in [5.41, 5.74) is 2.66. The summed E-state index contributed by atoms with van der Waals surface area (Å²) in [4.78, 5) is 0. The minimum absolute atomic E-state index is 0.262. The van der Waals surface area contributed by atoms with Crippen LogP contribution in [0.3, 0.4) is 0 Å². The van der Waals surface area contributed by atoms with Crippen LogP contribution >= 0.6 is 0 Å². The molecule has 2 N–H and O–H groups in total. The van der Waals surface area contributed by atoms with Crippen LogP contribution in [0.5, 0.6) is 0 Å². The van der Waals surface area contributed by atoms with Gasteiger partial charge in [0, 0.05) is 5.92 Å². The van der Waals surface area contributed by atoms with Crippen molar-refractivity contribution in [3.63, 3.8) is 0 Å². The van der Waals surface area contributed by atoms with E-state index in [0.29, 0.717) is 11.8 Å². The van der Waals surface area contributed by atoms with E-state index < -0.39 is 0 Å². The number of aliphatic hydroxyl groups excluding tert-OH is 1. The number of piperidine rings is 1. The van der Waals surface area contributed by atoms with Crippen LogP contribution < -0.4 is 5.32 Å². The zero-order valence-electron chi connectivity index (χ0n) is 10.7. The second-order valence-electron chi connectivity index (χ2n) is 4.99. The lowest BCUT2D eigenvalue weighted by Gasteiger charge is -2.30. The predicted octanol–water partition coefficient (Wildman–Crippen LogP) is 2.32. The molecular formula is C15H23NO. The van der Waals surface area contributed by atoms with Crippen LogP contribution in [-0.4, -0.2) is 24.8 Å². The highest BCUT2D eigenvalue weighted by molar-refractivity contribution is 5.26. The maximum Gasteiger partial charge on any atom is 0.0502 e.